The summed E-state index contributed by atoms with van der Waals surface area (Å²) in [5, 5.41) is 11.0. The highest BCUT2D eigenvalue weighted by Gasteiger charge is 2.33. The number of aryl methyl sites for hydroxylation is 2. The SMILES string of the molecule is OC1(CCCc2ccccc2)CCCc2ccccc21. The fourth-order valence-corrected chi connectivity index (χ4v) is 3.39. The van der Waals surface area contributed by atoms with E-state index in [0.29, 0.717) is 0 Å². The molecule has 1 aliphatic rings. The average Bonchev–Trinajstić information content (AvgIpc) is 2.49. The van der Waals surface area contributed by atoms with Gasteiger partial charge in [0.2, 0.25) is 0 Å². The summed E-state index contributed by atoms with van der Waals surface area (Å²) < 4.78 is 0. The van der Waals surface area contributed by atoms with Crippen LogP contribution in [0, 0.1) is 0 Å². The summed E-state index contributed by atoms with van der Waals surface area (Å²) in [6.07, 6.45) is 6.05. The molecule has 1 heteroatoms. The first-order valence-corrected chi connectivity index (χ1v) is 7.63. The first-order valence-electron chi connectivity index (χ1n) is 7.63. The lowest BCUT2D eigenvalue weighted by Crippen LogP contribution is -2.30. The van der Waals surface area contributed by atoms with Crippen molar-refractivity contribution in [1.82, 2.24) is 0 Å². The maximum atomic E-state index is 11.0. The van der Waals surface area contributed by atoms with Crippen LogP contribution in [0.5, 0.6) is 0 Å². The maximum Gasteiger partial charge on any atom is 0.0899 e. The average molecular weight is 266 g/mol. The molecule has 104 valence electrons. The van der Waals surface area contributed by atoms with Crippen LogP contribution in [0.15, 0.2) is 54.6 Å². The van der Waals surface area contributed by atoms with Crippen LogP contribution in [-0.4, -0.2) is 5.11 Å². The molecule has 0 saturated carbocycles. The number of rotatable bonds is 4. The second-order valence-electron chi connectivity index (χ2n) is 5.88. The first-order chi connectivity index (χ1) is 9.78. The van der Waals surface area contributed by atoms with Crippen molar-refractivity contribution in [2.45, 2.75) is 44.1 Å². The van der Waals surface area contributed by atoms with Crippen LogP contribution < -0.4 is 0 Å². The van der Waals surface area contributed by atoms with Gasteiger partial charge in [0.1, 0.15) is 0 Å². The van der Waals surface area contributed by atoms with Gasteiger partial charge in [-0.3, -0.25) is 0 Å². The van der Waals surface area contributed by atoms with Crippen molar-refractivity contribution in [3.8, 4) is 0 Å². The Balaban J connectivity index is 1.68. The molecule has 1 atom stereocenters. The third-order valence-electron chi connectivity index (χ3n) is 4.45. The molecule has 0 aliphatic heterocycles. The normalized spacial score (nSPS) is 21.4. The highest BCUT2D eigenvalue weighted by Crippen LogP contribution is 2.38. The van der Waals surface area contributed by atoms with Crippen molar-refractivity contribution in [3.05, 3.63) is 71.3 Å². The maximum absolute atomic E-state index is 11.0. The zero-order valence-electron chi connectivity index (χ0n) is 11.9. The predicted molar refractivity (Wildman–Crippen MR) is 82.7 cm³/mol. The molecule has 1 nitrogen and oxygen atoms in total. The third kappa shape index (κ3) is 2.78. The van der Waals surface area contributed by atoms with Crippen molar-refractivity contribution >= 4 is 0 Å². The molecule has 0 saturated heterocycles. The lowest BCUT2D eigenvalue weighted by atomic mass is 9.76. The molecule has 0 bridgehead atoms. The van der Waals surface area contributed by atoms with E-state index in [2.05, 4.69) is 48.5 Å². The summed E-state index contributed by atoms with van der Waals surface area (Å²) >= 11 is 0. The Hall–Kier alpha value is -1.60. The minimum absolute atomic E-state index is 0.608. The molecule has 0 spiro atoms. The van der Waals surface area contributed by atoms with E-state index in [0.717, 1.165) is 38.5 Å². The van der Waals surface area contributed by atoms with Gasteiger partial charge >= 0.3 is 0 Å². The minimum atomic E-state index is -0.608. The van der Waals surface area contributed by atoms with Crippen molar-refractivity contribution in [3.63, 3.8) is 0 Å². The smallest absolute Gasteiger partial charge is 0.0899 e. The van der Waals surface area contributed by atoms with E-state index in [1.807, 2.05) is 6.07 Å². The molecule has 1 unspecified atom stereocenters. The van der Waals surface area contributed by atoms with Gasteiger partial charge in [-0.2, -0.15) is 0 Å². The highest BCUT2D eigenvalue weighted by molar-refractivity contribution is 5.34. The van der Waals surface area contributed by atoms with Crippen LogP contribution in [0.3, 0.4) is 0 Å². The lowest BCUT2D eigenvalue weighted by Gasteiger charge is -2.34. The minimum Gasteiger partial charge on any atom is -0.385 e. The molecule has 1 N–H and O–H groups in total. The van der Waals surface area contributed by atoms with Crippen LogP contribution in [-0.2, 0) is 18.4 Å². The summed E-state index contributed by atoms with van der Waals surface area (Å²) in [5.74, 6) is 0. The Bertz CT molecular complexity index is 561. The fourth-order valence-electron chi connectivity index (χ4n) is 3.39. The number of hydrogen-bond donors (Lipinski definition) is 1. The summed E-state index contributed by atoms with van der Waals surface area (Å²) in [4.78, 5) is 0. The second kappa shape index (κ2) is 5.80. The molecule has 2 aromatic carbocycles. The van der Waals surface area contributed by atoms with E-state index < -0.39 is 5.60 Å². The van der Waals surface area contributed by atoms with Crippen molar-refractivity contribution in [2.75, 3.05) is 0 Å². The predicted octanol–water partition coefficient (Wildman–Crippen LogP) is 4.23. The summed E-state index contributed by atoms with van der Waals surface area (Å²) in [7, 11) is 0. The molecule has 0 radical (unpaired) electrons. The molecule has 0 fully saturated rings. The van der Waals surface area contributed by atoms with Crippen LogP contribution >= 0.6 is 0 Å². The van der Waals surface area contributed by atoms with Gasteiger partial charge in [-0.15, -0.1) is 0 Å². The van der Waals surface area contributed by atoms with E-state index in [4.69, 9.17) is 0 Å². The van der Waals surface area contributed by atoms with Crippen LogP contribution in [0.25, 0.3) is 0 Å². The van der Waals surface area contributed by atoms with E-state index >= 15 is 0 Å². The molecule has 2 aromatic rings. The van der Waals surface area contributed by atoms with Crippen molar-refractivity contribution in [1.29, 1.82) is 0 Å². The zero-order valence-corrected chi connectivity index (χ0v) is 11.9. The Morgan fingerprint density at radius 3 is 2.55 bits per heavy atom. The number of fused-ring (bicyclic) bond motifs is 1. The molecule has 0 heterocycles. The van der Waals surface area contributed by atoms with Gasteiger partial charge in [-0.1, -0.05) is 54.6 Å². The van der Waals surface area contributed by atoms with Crippen molar-refractivity contribution < 1.29 is 5.11 Å². The Morgan fingerprint density at radius 1 is 0.950 bits per heavy atom. The molecule has 0 amide bonds. The quantitative estimate of drug-likeness (QED) is 0.878. The zero-order chi connectivity index (χ0) is 13.8. The molecule has 0 aromatic heterocycles. The number of aliphatic hydroxyl groups is 1. The standard InChI is InChI=1S/C19H22O/c20-19(14-6-10-16-8-2-1-3-9-16)15-7-12-17-11-4-5-13-18(17)19/h1-5,8-9,11,13,20H,6-7,10,12,14-15H2. The summed E-state index contributed by atoms with van der Waals surface area (Å²) in [5.41, 5.74) is 3.25. The largest absolute Gasteiger partial charge is 0.385 e. The first kappa shape index (κ1) is 13.4. The lowest BCUT2D eigenvalue weighted by molar-refractivity contribution is 0.00825. The molecular formula is C19H22O. The van der Waals surface area contributed by atoms with Gasteiger partial charge in [-0.25, -0.2) is 0 Å². The Morgan fingerprint density at radius 2 is 1.70 bits per heavy atom. The Labute approximate surface area is 121 Å². The topological polar surface area (TPSA) is 20.2 Å². The van der Waals surface area contributed by atoms with Crippen molar-refractivity contribution in [2.24, 2.45) is 0 Å². The van der Waals surface area contributed by atoms with Gasteiger partial charge in [0.05, 0.1) is 5.60 Å². The number of benzene rings is 2. The van der Waals surface area contributed by atoms with Gasteiger partial charge < -0.3 is 5.11 Å². The Kier molecular flexibility index (Phi) is 3.88. The third-order valence-corrected chi connectivity index (χ3v) is 4.45. The second-order valence-corrected chi connectivity index (χ2v) is 5.88. The molecule has 3 rings (SSSR count). The molecule has 1 aliphatic carbocycles. The van der Waals surface area contributed by atoms with Crippen LogP contribution in [0.2, 0.25) is 0 Å². The van der Waals surface area contributed by atoms with Gasteiger partial charge in [0.25, 0.3) is 0 Å². The monoisotopic (exact) mass is 266 g/mol. The highest BCUT2D eigenvalue weighted by atomic mass is 16.3. The molecular weight excluding hydrogens is 244 g/mol. The van der Waals surface area contributed by atoms with E-state index in [-0.39, 0.29) is 0 Å². The fraction of sp³-hybridized carbons (Fsp3) is 0.368. The summed E-state index contributed by atoms with van der Waals surface area (Å²) in [6, 6.07) is 18.9. The van der Waals surface area contributed by atoms with Gasteiger partial charge in [0.15, 0.2) is 0 Å². The van der Waals surface area contributed by atoms with E-state index in [1.165, 1.54) is 16.7 Å². The van der Waals surface area contributed by atoms with Gasteiger partial charge in [0, 0.05) is 0 Å². The summed E-state index contributed by atoms with van der Waals surface area (Å²) in [6.45, 7) is 0. The number of hydrogen-bond acceptors (Lipinski definition) is 1. The van der Waals surface area contributed by atoms with Crippen LogP contribution in [0.1, 0.15) is 42.4 Å². The van der Waals surface area contributed by atoms with Gasteiger partial charge in [-0.05, 0) is 55.2 Å². The van der Waals surface area contributed by atoms with Crippen LogP contribution in [0.4, 0.5) is 0 Å². The molecule has 20 heavy (non-hydrogen) atoms. The van der Waals surface area contributed by atoms with E-state index in [9.17, 15) is 5.11 Å². The van der Waals surface area contributed by atoms with E-state index in [1.54, 1.807) is 0 Å².